The van der Waals surface area contributed by atoms with Crippen LogP contribution in [0.2, 0.25) is 0 Å². The first-order chi connectivity index (χ1) is 12.4. The van der Waals surface area contributed by atoms with Gasteiger partial charge >= 0.3 is 0 Å². The van der Waals surface area contributed by atoms with Crippen molar-refractivity contribution < 1.29 is 9.18 Å². The van der Waals surface area contributed by atoms with Crippen molar-refractivity contribution in [1.82, 2.24) is 19.5 Å². The Balaban J connectivity index is 2.18. The first-order valence-corrected chi connectivity index (χ1v) is 8.84. The van der Waals surface area contributed by atoms with Crippen LogP contribution in [0, 0.1) is 19.7 Å². The van der Waals surface area contributed by atoms with Crippen molar-refractivity contribution in [1.29, 1.82) is 0 Å². The molecule has 0 aliphatic carbocycles. The van der Waals surface area contributed by atoms with Gasteiger partial charge in [0.2, 0.25) is 5.91 Å². The molecule has 0 fully saturated rings. The van der Waals surface area contributed by atoms with Gasteiger partial charge in [0.25, 0.3) is 0 Å². The Morgan fingerprint density at radius 2 is 1.81 bits per heavy atom. The van der Waals surface area contributed by atoms with Crippen LogP contribution < -0.4 is 0 Å². The van der Waals surface area contributed by atoms with Gasteiger partial charge in [0.05, 0.1) is 12.1 Å². The van der Waals surface area contributed by atoms with Crippen molar-refractivity contribution in [2.75, 3.05) is 13.1 Å². The van der Waals surface area contributed by atoms with E-state index in [1.165, 1.54) is 12.1 Å². The number of hydrogen-bond acceptors (Lipinski definition) is 3. The van der Waals surface area contributed by atoms with Crippen molar-refractivity contribution in [3.63, 3.8) is 0 Å². The number of carbonyl (C=O) groups excluding carboxylic acids is 1. The summed E-state index contributed by atoms with van der Waals surface area (Å²) in [4.78, 5) is 19.1. The molecule has 1 amide bonds. The number of hydrogen-bond donors (Lipinski definition) is 0. The molecule has 3 aromatic rings. The molecule has 5 nitrogen and oxygen atoms in total. The number of benzene rings is 1. The van der Waals surface area contributed by atoms with Crippen molar-refractivity contribution in [2.45, 2.75) is 34.1 Å². The van der Waals surface area contributed by atoms with Crippen LogP contribution >= 0.6 is 0 Å². The second-order valence-corrected chi connectivity index (χ2v) is 6.35. The molecule has 136 valence electrons. The molecule has 0 unspecified atom stereocenters. The number of aromatic nitrogens is 3. The highest BCUT2D eigenvalue weighted by Gasteiger charge is 2.21. The number of amides is 1. The monoisotopic (exact) mass is 354 g/mol. The van der Waals surface area contributed by atoms with Crippen LogP contribution in [0.1, 0.15) is 30.8 Å². The van der Waals surface area contributed by atoms with Crippen LogP contribution in [0.15, 0.2) is 30.3 Å². The minimum Gasteiger partial charge on any atom is -0.343 e. The van der Waals surface area contributed by atoms with Gasteiger partial charge in [-0.3, -0.25) is 4.79 Å². The van der Waals surface area contributed by atoms with E-state index in [-0.39, 0.29) is 18.1 Å². The van der Waals surface area contributed by atoms with Gasteiger partial charge in [0.15, 0.2) is 5.65 Å². The summed E-state index contributed by atoms with van der Waals surface area (Å²) in [6.45, 7) is 9.13. The third kappa shape index (κ3) is 3.31. The highest BCUT2D eigenvalue weighted by atomic mass is 19.1. The Kier molecular flexibility index (Phi) is 5.02. The maximum atomic E-state index is 13.3. The average Bonchev–Trinajstić information content (AvgIpc) is 2.95. The van der Waals surface area contributed by atoms with E-state index >= 15 is 0 Å². The lowest BCUT2D eigenvalue weighted by molar-refractivity contribution is -0.130. The number of fused-ring (bicyclic) bond motifs is 1. The van der Waals surface area contributed by atoms with Crippen LogP contribution in [-0.2, 0) is 11.2 Å². The minimum absolute atomic E-state index is 0.0363. The number of halogens is 1. The molecular formula is C20H23FN4O. The fraction of sp³-hybridized carbons (Fsp3) is 0.350. The fourth-order valence-corrected chi connectivity index (χ4v) is 3.21. The predicted octanol–water partition coefficient (Wildman–Crippen LogP) is 3.56. The third-order valence-corrected chi connectivity index (χ3v) is 4.55. The molecule has 26 heavy (non-hydrogen) atoms. The van der Waals surface area contributed by atoms with Crippen LogP contribution in [-0.4, -0.2) is 38.5 Å². The van der Waals surface area contributed by atoms with Crippen molar-refractivity contribution in [3.05, 3.63) is 53.1 Å². The van der Waals surface area contributed by atoms with Crippen molar-refractivity contribution in [2.24, 2.45) is 0 Å². The van der Waals surface area contributed by atoms with Crippen LogP contribution in [0.4, 0.5) is 4.39 Å². The zero-order valence-corrected chi connectivity index (χ0v) is 15.6. The van der Waals surface area contributed by atoms with E-state index in [1.807, 2.05) is 33.8 Å². The van der Waals surface area contributed by atoms with Gasteiger partial charge in [-0.2, -0.15) is 5.10 Å². The standard InChI is InChI=1S/C20H23FN4O/c1-5-24(6-2)18(26)12-17-19(15-7-9-16(21)10-8-15)23-25-14(4)11-13(3)22-20(17)25/h7-11H,5-6,12H2,1-4H3. The van der Waals surface area contributed by atoms with Crippen LogP contribution in [0.3, 0.4) is 0 Å². The van der Waals surface area contributed by atoms with E-state index in [4.69, 9.17) is 0 Å². The Morgan fingerprint density at radius 3 is 2.42 bits per heavy atom. The maximum absolute atomic E-state index is 13.3. The van der Waals surface area contributed by atoms with Crippen LogP contribution in [0.25, 0.3) is 16.9 Å². The number of carbonyl (C=O) groups is 1. The van der Waals surface area contributed by atoms with E-state index in [1.54, 1.807) is 21.5 Å². The van der Waals surface area contributed by atoms with Gasteiger partial charge in [-0.1, -0.05) is 0 Å². The molecule has 0 spiro atoms. The quantitative estimate of drug-likeness (QED) is 0.704. The molecule has 0 bridgehead atoms. The summed E-state index contributed by atoms with van der Waals surface area (Å²) in [5.41, 5.74) is 4.72. The summed E-state index contributed by atoms with van der Waals surface area (Å²) in [7, 11) is 0. The zero-order valence-electron chi connectivity index (χ0n) is 15.6. The lowest BCUT2D eigenvalue weighted by Crippen LogP contribution is -2.31. The van der Waals surface area contributed by atoms with Gasteiger partial charge in [-0.25, -0.2) is 13.9 Å². The maximum Gasteiger partial charge on any atom is 0.227 e. The highest BCUT2D eigenvalue weighted by molar-refractivity contribution is 5.84. The van der Waals surface area contributed by atoms with E-state index in [2.05, 4.69) is 10.1 Å². The van der Waals surface area contributed by atoms with Gasteiger partial charge in [0, 0.05) is 35.6 Å². The Morgan fingerprint density at radius 1 is 1.15 bits per heavy atom. The van der Waals surface area contributed by atoms with Crippen molar-refractivity contribution in [3.8, 4) is 11.3 Å². The third-order valence-electron chi connectivity index (χ3n) is 4.55. The molecule has 0 N–H and O–H groups in total. The zero-order chi connectivity index (χ0) is 18.8. The fourth-order valence-electron chi connectivity index (χ4n) is 3.21. The normalized spacial score (nSPS) is 11.1. The first kappa shape index (κ1) is 18.0. The summed E-state index contributed by atoms with van der Waals surface area (Å²) in [6, 6.07) is 8.13. The number of nitrogens with zero attached hydrogens (tertiary/aromatic N) is 4. The lowest BCUT2D eigenvalue weighted by Gasteiger charge is -2.18. The molecule has 3 rings (SSSR count). The lowest BCUT2D eigenvalue weighted by atomic mass is 10.0. The summed E-state index contributed by atoms with van der Waals surface area (Å²) in [6.07, 6.45) is 0.216. The van der Waals surface area contributed by atoms with E-state index in [0.717, 1.165) is 22.5 Å². The molecule has 6 heteroatoms. The predicted molar refractivity (Wildman–Crippen MR) is 99.5 cm³/mol. The Labute approximate surface area is 152 Å². The number of aryl methyl sites for hydroxylation is 2. The van der Waals surface area contributed by atoms with Crippen molar-refractivity contribution >= 4 is 11.6 Å². The van der Waals surface area contributed by atoms with Crippen LogP contribution in [0.5, 0.6) is 0 Å². The minimum atomic E-state index is -0.302. The SMILES string of the molecule is CCN(CC)C(=O)Cc1c(-c2ccc(F)cc2)nn2c(C)cc(C)nc12. The molecule has 2 heterocycles. The Hall–Kier alpha value is -2.76. The second-order valence-electron chi connectivity index (χ2n) is 6.35. The van der Waals surface area contributed by atoms with Gasteiger partial charge in [-0.15, -0.1) is 0 Å². The van der Waals surface area contributed by atoms with Gasteiger partial charge in [-0.05, 0) is 58.0 Å². The largest absolute Gasteiger partial charge is 0.343 e. The molecule has 0 atom stereocenters. The highest BCUT2D eigenvalue weighted by Crippen LogP contribution is 2.27. The number of likely N-dealkylation sites (N-methyl/N-ethyl adjacent to an activating group) is 1. The average molecular weight is 354 g/mol. The van der Waals surface area contributed by atoms with Gasteiger partial charge in [0.1, 0.15) is 5.82 Å². The second kappa shape index (κ2) is 7.23. The van der Waals surface area contributed by atoms with E-state index in [9.17, 15) is 9.18 Å². The molecular weight excluding hydrogens is 331 g/mol. The van der Waals surface area contributed by atoms with E-state index < -0.39 is 0 Å². The molecule has 0 aliphatic heterocycles. The molecule has 2 aromatic heterocycles. The molecule has 0 aliphatic rings. The van der Waals surface area contributed by atoms with Gasteiger partial charge < -0.3 is 4.90 Å². The topological polar surface area (TPSA) is 50.5 Å². The molecule has 0 saturated carbocycles. The smallest absolute Gasteiger partial charge is 0.227 e. The molecule has 0 radical (unpaired) electrons. The first-order valence-electron chi connectivity index (χ1n) is 8.84. The molecule has 1 aromatic carbocycles. The van der Waals surface area contributed by atoms with E-state index in [0.29, 0.717) is 24.4 Å². The summed E-state index contributed by atoms with van der Waals surface area (Å²) >= 11 is 0. The molecule has 0 saturated heterocycles. The summed E-state index contributed by atoms with van der Waals surface area (Å²) in [5.74, 6) is -0.266. The Bertz CT molecular complexity index is 943. The summed E-state index contributed by atoms with van der Waals surface area (Å²) < 4.78 is 15.1. The summed E-state index contributed by atoms with van der Waals surface area (Å²) in [5, 5.41) is 4.68. The number of rotatable bonds is 5.